The number of benzene rings is 3. The summed E-state index contributed by atoms with van der Waals surface area (Å²) in [5, 5.41) is 2.80. The summed E-state index contributed by atoms with van der Waals surface area (Å²) in [6.45, 7) is 3.77. The minimum Gasteiger partial charge on any atom is -0.497 e. The molecule has 3 aromatic carbocycles. The lowest BCUT2D eigenvalue weighted by Crippen LogP contribution is -2.40. The highest BCUT2D eigenvalue weighted by molar-refractivity contribution is 7.92. The Labute approximate surface area is 195 Å². The minimum absolute atomic E-state index is 0.0393. The van der Waals surface area contributed by atoms with Gasteiger partial charge in [0.1, 0.15) is 18.0 Å². The van der Waals surface area contributed by atoms with Gasteiger partial charge in [-0.05, 0) is 67.9 Å². The van der Waals surface area contributed by atoms with Gasteiger partial charge in [-0.2, -0.15) is 0 Å². The molecule has 7 nitrogen and oxygen atoms in total. The van der Waals surface area contributed by atoms with Gasteiger partial charge in [-0.15, -0.1) is 0 Å². The number of anilines is 1. The van der Waals surface area contributed by atoms with Gasteiger partial charge in [-0.1, -0.05) is 30.3 Å². The van der Waals surface area contributed by atoms with E-state index in [9.17, 15) is 13.2 Å². The molecule has 0 aliphatic carbocycles. The van der Waals surface area contributed by atoms with Crippen molar-refractivity contribution in [1.82, 2.24) is 5.32 Å². The third-order valence-electron chi connectivity index (χ3n) is 4.74. The summed E-state index contributed by atoms with van der Waals surface area (Å²) >= 11 is 0. The Kier molecular flexibility index (Phi) is 7.95. The van der Waals surface area contributed by atoms with Crippen LogP contribution in [0.2, 0.25) is 0 Å². The van der Waals surface area contributed by atoms with Gasteiger partial charge in [0.25, 0.3) is 10.0 Å². The minimum atomic E-state index is -3.98. The van der Waals surface area contributed by atoms with Crippen LogP contribution in [0.1, 0.15) is 19.4 Å². The lowest BCUT2D eigenvalue weighted by molar-refractivity contribution is -0.119. The first-order valence-electron chi connectivity index (χ1n) is 10.5. The molecule has 0 atom stereocenters. The van der Waals surface area contributed by atoms with E-state index in [0.717, 1.165) is 9.87 Å². The molecule has 0 aromatic heterocycles. The number of methoxy groups -OCH3 is 1. The summed E-state index contributed by atoms with van der Waals surface area (Å²) < 4.78 is 38.7. The fourth-order valence-corrected chi connectivity index (χ4v) is 4.59. The van der Waals surface area contributed by atoms with Crippen LogP contribution < -0.4 is 19.1 Å². The Morgan fingerprint density at radius 2 is 1.64 bits per heavy atom. The number of hydrogen-bond donors (Lipinski definition) is 1. The van der Waals surface area contributed by atoms with Gasteiger partial charge in [-0.3, -0.25) is 9.10 Å². The zero-order valence-electron chi connectivity index (χ0n) is 18.9. The number of ether oxygens (including phenoxy) is 2. The number of carbonyl (C=O) groups is 1. The summed E-state index contributed by atoms with van der Waals surface area (Å²) in [5.41, 5.74) is 1.25. The maximum absolute atomic E-state index is 13.4. The molecule has 0 spiro atoms. The quantitative estimate of drug-likeness (QED) is 0.486. The van der Waals surface area contributed by atoms with Crippen molar-refractivity contribution in [3.63, 3.8) is 0 Å². The van der Waals surface area contributed by atoms with Crippen LogP contribution in [0.4, 0.5) is 5.69 Å². The Morgan fingerprint density at radius 3 is 2.27 bits per heavy atom. The molecular formula is C25H28N2O5S. The highest BCUT2D eigenvalue weighted by atomic mass is 32.2. The Bertz CT molecular complexity index is 1160. The summed E-state index contributed by atoms with van der Waals surface area (Å²) in [5.74, 6) is 0.831. The Morgan fingerprint density at radius 1 is 0.939 bits per heavy atom. The van der Waals surface area contributed by atoms with Gasteiger partial charge >= 0.3 is 0 Å². The second-order valence-corrected chi connectivity index (χ2v) is 9.48. The van der Waals surface area contributed by atoms with Gasteiger partial charge in [0, 0.05) is 6.54 Å². The molecule has 1 amide bonds. The van der Waals surface area contributed by atoms with Crippen molar-refractivity contribution in [2.24, 2.45) is 0 Å². The average molecular weight is 469 g/mol. The van der Waals surface area contributed by atoms with E-state index in [-0.39, 0.29) is 24.1 Å². The van der Waals surface area contributed by atoms with Crippen molar-refractivity contribution in [3.8, 4) is 11.5 Å². The maximum Gasteiger partial charge on any atom is 0.264 e. The molecular weight excluding hydrogens is 440 g/mol. The van der Waals surface area contributed by atoms with E-state index in [2.05, 4.69) is 5.32 Å². The Balaban J connectivity index is 1.77. The monoisotopic (exact) mass is 468 g/mol. The van der Waals surface area contributed by atoms with Crippen LogP contribution in [0.5, 0.6) is 11.5 Å². The molecule has 1 N–H and O–H groups in total. The van der Waals surface area contributed by atoms with Crippen LogP contribution in [0, 0.1) is 0 Å². The van der Waals surface area contributed by atoms with E-state index in [1.54, 1.807) is 42.5 Å². The van der Waals surface area contributed by atoms with Gasteiger partial charge in [-0.25, -0.2) is 8.42 Å². The normalized spacial score (nSPS) is 11.2. The maximum atomic E-state index is 13.4. The molecule has 0 saturated carbocycles. The Hall–Kier alpha value is -3.52. The van der Waals surface area contributed by atoms with Crippen molar-refractivity contribution in [3.05, 3.63) is 84.4 Å². The smallest absolute Gasteiger partial charge is 0.264 e. The van der Waals surface area contributed by atoms with Crippen molar-refractivity contribution in [1.29, 1.82) is 0 Å². The number of rotatable bonds is 10. The van der Waals surface area contributed by atoms with Crippen LogP contribution in [-0.4, -0.2) is 34.1 Å². The first-order chi connectivity index (χ1) is 15.8. The molecule has 174 valence electrons. The van der Waals surface area contributed by atoms with E-state index in [1.807, 2.05) is 38.1 Å². The zero-order chi connectivity index (χ0) is 23.8. The first kappa shape index (κ1) is 24.1. The summed E-state index contributed by atoms with van der Waals surface area (Å²) in [7, 11) is -2.47. The first-order valence-corrected chi connectivity index (χ1v) is 12.0. The third-order valence-corrected chi connectivity index (χ3v) is 6.53. The van der Waals surface area contributed by atoms with Gasteiger partial charge in [0.15, 0.2) is 0 Å². The van der Waals surface area contributed by atoms with Crippen LogP contribution in [-0.2, 0) is 21.4 Å². The number of amides is 1. The van der Waals surface area contributed by atoms with Gasteiger partial charge < -0.3 is 14.8 Å². The largest absolute Gasteiger partial charge is 0.497 e. The third kappa shape index (κ3) is 6.49. The molecule has 0 fully saturated rings. The zero-order valence-corrected chi connectivity index (χ0v) is 19.7. The number of hydrogen-bond acceptors (Lipinski definition) is 5. The molecule has 0 saturated heterocycles. The topological polar surface area (TPSA) is 84.9 Å². The van der Waals surface area contributed by atoms with Crippen LogP contribution in [0.15, 0.2) is 83.8 Å². The van der Waals surface area contributed by atoms with E-state index in [0.29, 0.717) is 17.2 Å². The molecule has 8 heteroatoms. The summed E-state index contributed by atoms with van der Waals surface area (Å²) in [6.07, 6.45) is 0.0393. The second kappa shape index (κ2) is 10.9. The van der Waals surface area contributed by atoms with Crippen molar-refractivity contribution in [2.75, 3.05) is 18.0 Å². The molecule has 0 radical (unpaired) electrons. The number of carbonyl (C=O) groups excluding carboxylic acids is 1. The highest BCUT2D eigenvalue weighted by Crippen LogP contribution is 2.25. The van der Waals surface area contributed by atoms with Gasteiger partial charge in [0.2, 0.25) is 5.91 Å². The molecule has 0 unspecified atom stereocenters. The highest BCUT2D eigenvalue weighted by Gasteiger charge is 2.27. The van der Waals surface area contributed by atoms with Crippen molar-refractivity contribution in [2.45, 2.75) is 31.4 Å². The fourth-order valence-electron chi connectivity index (χ4n) is 3.17. The summed E-state index contributed by atoms with van der Waals surface area (Å²) in [6, 6.07) is 22.0. The van der Waals surface area contributed by atoms with Crippen molar-refractivity contribution >= 4 is 21.6 Å². The number of nitrogens with one attached hydrogen (secondary N) is 1. The SMILES string of the molecule is COc1ccc(S(=O)(=O)N(CC(=O)NCc2cccc(OC(C)C)c2)c2ccccc2)cc1. The predicted molar refractivity (Wildman–Crippen MR) is 128 cm³/mol. The molecule has 0 heterocycles. The van der Waals surface area contributed by atoms with Crippen LogP contribution in [0.25, 0.3) is 0 Å². The lowest BCUT2D eigenvalue weighted by Gasteiger charge is -2.24. The molecule has 0 aliphatic rings. The number of nitrogens with zero attached hydrogens (tertiary/aromatic N) is 1. The van der Waals surface area contributed by atoms with Crippen LogP contribution in [0.3, 0.4) is 0 Å². The lowest BCUT2D eigenvalue weighted by atomic mass is 10.2. The number of sulfonamides is 1. The van der Waals surface area contributed by atoms with E-state index < -0.39 is 15.9 Å². The second-order valence-electron chi connectivity index (χ2n) is 7.61. The van der Waals surface area contributed by atoms with E-state index >= 15 is 0 Å². The molecule has 0 bridgehead atoms. The summed E-state index contributed by atoms with van der Waals surface area (Å²) in [4.78, 5) is 12.8. The average Bonchev–Trinajstić information content (AvgIpc) is 2.81. The fraction of sp³-hybridized carbons (Fsp3) is 0.240. The standard InChI is InChI=1S/C25H28N2O5S/c1-19(2)32-23-11-7-8-20(16-23)17-26-25(28)18-27(21-9-5-4-6-10-21)33(29,30)24-14-12-22(31-3)13-15-24/h4-16,19H,17-18H2,1-3H3,(H,26,28). The predicted octanol–water partition coefficient (Wildman–Crippen LogP) is 3.99. The van der Waals surface area contributed by atoms with Gasteiger partial charge in [0.05, 0.1) is 23.8 Å². The molecule has 3 rings (SSSR count). The van der Waals surface area contributed by atoms with Crippen molar-refractivity contribution < 1.29 is 22.7 Å². The number of para-hydroxylation sites is 1. The van der Waals surface area contributed by atoms with Crippen LogP contribution >= 0.6 is 0 Å². The van der Waals surface area contributed by atoms with E-state index in [4.69, 9.17) is 9.47 Å². The molecule has 3 aromatic rings. The molecule has 0 aliphatic heterocycles. The molecule has 33 heavy (non-hydrogen) atoms. The van der Waals surface area contributed by atoms with E-state index in [1.165, 1.54) is 19.2 Å².